The zero-order valence-electron chi connectivity index (χ0n) is 9.55. The molecule has 0 aromatic heterocycles. The molecule has 0 N–H and O–H groups in total. The Hall–Kier alpha value is -1.36. The van der Waals surface area contributed by atoms with Gasteiger partial charge in [-0.3, -0.25) is 4.79 Å². The molecule has 0 amide bonds. The topological polar surface area (TPSA) is 61.8 Å². The first-order chi connectivity index (χ1) is 8.05. The highest BCUT2D eigenvalue weighted by molar-refractivity contribution is 5.81. The summed E-state index contributed by atoms with van der Waals surface area (Å²) in [6, 6.07) is 0. The fourth-order valence-electron chi connectivity index (χ4n) is 3.35. The predicted molar refractivity (Wildman–Crippen MR) is 55.9 cm³/mol. The molecule has 0 aliphatic carbocycles. The summed E-state index contributed by atoms with van der Waals surface area (Å²) in [5.74, 6) is -0.819. The van der Waals surface area contributed by atoms with Gasteiger partial charge in [0.1, 0.15) is 12.2 Å². The number of hydrogen-bond donors (Lipinski definition) is 0. The SMILES string of the molecule is C=CC(=O)OC1CC2(C)OC1C1COC(=O)C12. The maximum absolute atomic E-state index is 11.6. The van der Waals surface area contributed by atoms with Crippen LogP contribution in [0.25, 0.3) is 0 Å². The molecule has 0 aromatic rings. The Balaban J connectivity index is 1.82. The molecule has 3 fully saturated rings. The van der Waals surface area contributed by atoms with Crippen LogP contribution in [0.2, 0.25) is 0 Å². The third-order valence-electron chi connectivity index (χ3n) is 3.99. The van der Waals surface area contributed by atoms with E-state index in [0.717, 1.165) is 6.08 Å². The molecule has 2 bridgehead atoms. The van der Waals surface area contributed by atoms with Crippen molar-refractivity contribution in [1.29, 1.82) is 0 Å². The van der Waals surface area contributed by atoms with Gasteiger partial charge in [0.25, 0.3) is 0 Å². The van der Waals surface area contributed by atoms with Gasteiger partial charge in [0, 0.05) is 18.4 Å². The third-order valence-corrected chi connectivity index (χ3v) is 3.99. The van der Waals surface area contributed by atoms with E-state index in [2.05, 4.69) is 6.58 Å². The molecule has 3 aliphatic heterocycles. The number of carbonyl (C=O) groups is 2. The second-order valence-electron chi connectivity index (χ2n) is 5.05. The molecule has 3 aliphatic rings. The Labute approximate surface area is 98.7 Å². The first kappa shape index (κ1) is 10.8. The quantitative estimate of drug-likeness (QED) is 0.516. The van der Waals surface area contributed by atoms with E-state index in [0.29, 0.717) is 13.0 Å². The van der Waals surface area contributed by atoms with Crippen molar-refractivity contribution in [2.75, 3.05) is 6.61 Å². The lowest BCUT2D eigenvalue weighted by atomic mass is 9.73. The van der Waals surface area contributed by atoms with Gasteiger partial charge in [-0.1, -0.05) is 6.58 Å². The van der Waals surface area contributed by atoms with Gasteiger partial charge in [0.2, 0.25) is 0 Å². The minimum Gasteiger partial charge on any atom is -0.465 e. The zero-order valence-corrected chi connectivity index (χ0v) is 9.55. The zero-order chi connectivity index (χ0) is 12.2. The Morgan fingerprint density at radius 1 is 1.65 bits per heavy atom. The number of ether oxygens (including phenoxy) is 3. The smallest absolute Gasteiger partial charge is 0.330 e. The van der Waals surface area contributed by atoms with Gasteiger partial charge >= 0.3 is 11.9 Å². The molecule has 3 heterocycles. The number of esters is 2. The monoisotopic (exact) mass is 238 g/mol. The molecule has 0 saturated carbocycles. The van der Waals surface area contributed by atoms with Gasteiger partial charge < -0.3 is 14.2 Å². The average molecular weight is 238 g/mol. The normalized spacial score (nSPS) is 46.5. The van der Waals surface area contributed by atoms with Crippen molar-refractivity contribution in [3.8, 4) is 0 Å². The van der Waals surface area contributed by atoms with E-state index < -0.39 is 11.6 Å². The molecule has 0 aromatic carbocycles. The summed E-state index contributed by atoms with van der Waals surface area (Å²) < 4.78 is 16.2. The van der Waals surface area contributed by atoms with Crippen LogP contribution < -0.4 is 0 Å². The Morgan fingerprint density at radius 2 is 2.41 bits per heavy atom. The van der Waals surface area contributed by atoms with Crippen LogP contribution in [0.4, 0.5) is 0 Å². The van der Waals surface area contributed by atoms with Gasteiger partial charge in [0.15, 0.2) is 0 Å². The van der Waals surface area contributed by atoms with E-state index in [1.807, 2.05) is 6.92 Å². The maximum atomic E-state index is 11.6. The molecule has 5 heteroatoms. The standard InChI is InChI=1S/C12H14O5/c1-3-8(13)16-7-4-12(2)9-6(10(7)17-12)5-15-11(9)14/h3,6-7,9-10H,1,4-5H2,2H3. The van der Waals surface area contributed by atoms with Crippen molar-refractivity contribution in [3.63, 3.8) is 0 Å². The van der Waals surface area contributed by atoms with Crippen molar-refractivity contribution in [2.45, 2.75) is 31.2 Å². The van der Waals surface area contributed by atoms with Gasteiger partial charge in [-0.15, -0.1) is 0 Å². The van der Waals surface area contributed by atoms with E-state index in [9.17, 15) is 9.59 Å². The van der Waals surface area contributed by atoms with Crippen molar-refractivity contribution < 1.29 is 23.8 Å². The fraction of sp³-hybridized carbons (Fsp3) is 0.667. The van der Waals surface area contributed by atoms with Crippen molar-refractivity contribution in [1.82, 2.24) is 0 Å². The molecule has 5 atom stereocenters. The van der Waals surface area contributed by atoms with E-state index in [1.165, 1.54) is 0 Å². The lowest BCUT2D eigenvalue weighted by Crippen LogP contribution is -2.43. The Morgan fingerprint density at radius 3 is 3.12 bits per heavy atom. The molecule has 0 spiro atoms. The van der Waals surface area contributed by atoms with Crippen LogP contribution in [-0.2, 0) is 23.8 Å². The lowest BCUT2D eigenvalue weighted by Gasteiger charge is -2.29. The van der Waals surface area contributed by atoms with Gasteiger partial charge in [0.05, 0.1) is 18.1 Å². The van der Waals surface area contributed by atoms with Crippen LogP contribution in [0.3, 0.4) is 0 Å². The summed E-state index contributed by atoms with van der Waals surface area (Å²) in [4.78, 5) is 22.8. The highest BCUT2D eigenvalue weighted by Gasteiger charge is 2.67. The minimum atomic E-state index is -0.547. The Bertz CT molecular complexity index is 404. The number of hydrogen-bond acceptors (Lipinski definition) is 5. The van der Waals surface area contributed by atoms with E-state index in [1.54, 1.807) is 0 Å². The van der Waals surface area contributed by atoms with Crippen molar-refractivity contribution in [2.24, 2.45) is 11.8 Å². The van der Waals surface area contributed by atoms with Crippen LogP contribution in [0.15, 0.2) is 12.7 Å². The minimum absolute atomic E-state index is 0.0175. The summed E-state index contributed by atoms with van der Waals surface area (Å²) in [5, 5.41) is 0. The highest BCUT2D eigenvalue weighted by atomic mass is 16.6. The molecule has 3 saturated heterocycles. The summed E-state index contributed by atoms with van der Waals surface area (Å²) in [6.45, 7) is 5.62. The third kappa shape index (κ3) is 1.35. The predicted octanol–water partition coefficient (Wildman–Crippen LogP) is 0.435. The van der Waals surface area contributed by atoms with E-state index in [4.69, 9.17) is 14.2 Å². The molecule has 3 rings (SSSR count). The number of fused-ring (bicyclic) bond motifs is 5. The van der Waals surface area contributed by atoms with Crippen molar-refractivity contribution in [3.05, 3.63) is 12.7 Å². The van der Waals surface area contributed by atoms with Gasteiger partial charge in [-0.25, -0.2) is 4.79 Å². The summed E-state index contributed by atoms with van der Waals surface area (Å²) in [6.07, 6.45) is 1.18. The van der Waals surface area contributed by atoms with Crippen LogP contribution in [0.5, 0.6) is 0 Å². The number of cyclic esters (lactones) is 1. The maximum Gasteiger partial charge on any atom is 0.330 e. The lowest BCUT2D eigenvalue weighted by molar-refractivity contribution is -0.148. The number of carbonyl (C=O) groups excluding carboxylic acids is 2. The van der Waals surface area contributed by atoms with Gasteiger partial charge in [-0.05, 0) is 6.92 Å². The van der Waals surface area contributed by atoms with Crippen LogP contribution in [0.1, 0.15) is 13.3 Å². The van der Waals surface area contributed by atoms with Gasteiger partial charge in [-0.2, -0.15) is 0 Å². The summed E-state index contributed by atoms with van der Waals surface area (Å²) >= 11 is 0. The molecule has 0 radical (unpaired) electrons. The van der Waals surface area contributed by atoms with Crippen LogP contribution in [-0.4, -0.2) is 36.4 Å². The first-order valence-corrected chi connectivity index (χ1v) is 5.73. The molecule has 5 unspecified atom stereocenters. The molecular formula is C12H14O5. The Kier molecular flexibility index (Phi) is 2.10. The summed E-state index contributed by atoms with van der Waals surface area (Å²) in [7, 11) is 0. The molecular weight excluding hydrogens is 224 g/mol. The fourth-order valence-corrected chi connectivity index (χ4v) is 3.35. The second kappa shape index (κ2) is 3.32. The summed E-state index contributed by atoms with van der Waals surface area (Å²) in [5.41, 5.74) is -0.547. The largest absolute Gasteiger partial charge is 0.465 e. The first-order valence-electron chi connectivity index (χ1n) is 5.73. The molecule has 17 heavy (non-hydrogen) atoms. The van der Waals surface area contributed by atoms with E-state index >= 15 is 0 Å². The average Bonchev–Trinajstić information content (AvgIpc) is 2.88. The second-order valence-corrected chi connectivity index (χ2v) is 5.05. The molecule has 5 nitrogen and oxygen atoms in total. The van der Waals surface area contributed by atoms with E-state index in [-0.39, 0.29) is 30.0 Å². The number of rotatable bonds is 2. The van der Waals surface area contributed by atoms with Crippen molar-refractivity contribution >= 4 is 11.9 Å². The highest BCUT2D eigenvalue weighted by Crippen LogP contribution is 2.54. The van der Waals surface area contributed by atoms with Crippen LogP contribution in [0, 0.1) is 11.8 Å². The molecule has 92 valence electrons. The van der Waals surface area contributed by atoms with Crippen LogP contribution >= 0.6 is 0 Å².